The Labute approximate surface area is 167 Å². The van der Waals surface area contributed by atoms with Gasteiger partial charge in [-0.3, -0.25) is 4.79 Å². The molecular weight excluding hydrogens is 464 g/mol. The lowest BCUT2D eigenvalue weighted by molar-refractivity contribution is -0.274. The lowest BCUT2D eigenvalue weighted by Gasteiger charge is -2.15. The van der Waals surface area contributed by atoms with Crippen molar-refractivity contribution in [1.29, 1.82) is 0 Å². The van der Waals surface area contributed by atoms with Crippen molar-refractivity contribution in [2.75, 3.05) is 27.2 Å². The van der Waals surface area contributed by atoms with Crippen LogP contribution in [-0.4, -0.2) is 50.3 Å². The number of amides is 1. The molecule has 1 rings (SSSR count). The Kier molecular flexibility index (Phi) is 10.7. The molecule has 0 heterocycles. The van der Waals surface area contributed by atoms with E-state index in [0.29, 0.717) is 6.54 Å². The number of nitrogens with one attached hydrogen (secondary N) is 2. The summed E-state index contributed by atoms with van der Waals surface area (Å²) in [5, 5.41) is 5.70. The second-order valence-electron chi connectivity index (χ2n) is 5.13. The number of halogens is 4. The van der Waals surface area contributed by atoms with Gasteiger partial charge in [0.25, 0.3) is 0 Å². The van der Waals surface area contributed by atoms with Gasteiger partial charge in [0.15, 0.2) is 5.96 Å². The molecule has 0 radical (unpaired) electrons. The molecule has 0 spiro atoms. The van der Waals surface area contributed by atoms with Crippen LogP contribution in [0.15, 0.2) is 41.9 Å². The highest BCUT2D eigenvalue weighted by atomic mass is 127. The minimum atomic E-state index is -4.78. The molecule has 0 unspecified atom stereocenters. The molecule has 1 aromatic carbocycles. The number of nitrogens with zero attached hydrogens (tertiary/aromatic N) is 2. The van der Waals surface area contributed by atoms with E-state index in [-0.39, 0.29) is 60.2 Å². The molecule has 6 nitrogen and oxygen atoms in total. The Morgan fingerprint density at radius 1 is 1.31 bits per heavy atom. The van der Waals surface area contributed by atoms with Crippen molar-refractivity contribution in [1.82, 2.24) is 15.5 Å². The molecule has 0 aromatic heterocycles. The van der Waals surface area contributed by atoms with Crippen LogP contribution >= 0.6 is 24.0 Å². The minimum Gasteiger partial charge on any atom is -0.405 e. The second kappa shape index (κ2) is 11.6. The minimum absolute atomic E-state index is 0. The van der Waals surface area contributed by atoms with Gasteiger partial charge >= 0.3 is 6.36 Å². The van der Waals surface area contributed by atoms with Gasteiger partial charge < -0.3 is 20.3 Å². The second-order valence-corrected chi connectivity index (χ2v) is 5.13. The van der Waals surface area contributed by atoms with Crippen LogP contribution < -0.4 is 15.4 Å². The molecular formula is C16H22F3IN4O2. The summed E-state index contributed by atoms with van der Waals surface area (Å²) in [7, 11) is 3.23. The maximum atomic E-state index is 12.4. The van der Waals surface area contributed by atoms with Crippen LogP contribution in [0, 0.1) is 0 Å². The van der Waals surface area contributed by atoms with Gasteiger partial charge in [0.05, 0.1) is 13.1 Å². The highest BCUT2D eigenvalue weighted by Crippen LogP contribution is 2.26. The molecule has 0 aliphatic heterocycles. The van der Waals surface area contributed by atoms with Crippen LogP contribution in [-0.2, 0) is 11.3 Å². The van der Waals surface area contributed by atoms with Crippen molar-refractivity contribution in [3.8, 4) is 5.75 Å². The van der Waals surface area contributed by atoms with E-state index < -0.39 is 6.36 Å². The predicted octanol–water partition coefficient (Wildman–Crippen LogP) is 2.51. The van der Waals surface area contributed by atoms with Gasteiger partial charge in [0, 0.05) is 26.2 Å². The number of carbonyl (C=O) groups excluding carboxylic acids is 1. The quantitative estimate of drug-likeness (QED) is 0.269. The summed E-state index contributed by atoms with van der Waals surface area (Å²) in [6.07, 6.45) is -3.19. The molecule has 0 aliphatic carbocycles. The van der Waals surface area contributed by atoms with E-state index in [9.17, 15) is 18.0 Å². The van der Waals surface area contributed by atoms with Crippen molar-refractivity contribution in [2.24, 2.45) is 4.99 Å². The molecule has 0 saturated heterocycles. The van der Waals surface area contributed by atoms with Crippen LogP contribution in [0.4, 0.5) is 13.2 Å². The number of para-hydroxylation sites is 1. The van der Waals surface area contributed by atoms with E-state index in [1.54, 1.807) is 26.2 Å². The Bertz CT molecular complexity index is 622. The lowest BCUT2D eigenvalue weighted by Crippen LogP contribution is -2.43. The average molecular weight is 486 g/mol. The molecule has 1 amide bonds. The number of rotatable bonds is 7. The van der Waals surface area contributed by atoms with Crippen LogP contribution in [0.3, 0.4) is 0 Å². The summed E-state index contributed by atoms with van der Waals surface area (Å²) in [6, 6.07) is 5.74. The highest BCUT2D eigenvalue weighted by molar-refractivity contribution is 14.0. The third-order valence-corrected chi connectivity index (χ3v) is 2.93. The van der Waals surface area contributed by atoms with Gasteiger partial charge in [-0.25, -0.2) is 4.99 Å². The van der Waals surface area contributed by atoms with E-state index in [1.807, 2.05) is 0 Å². The monoisotopic (exact) mass is 486 g/mol. The number of hydrogen-bond acceptors (Lipinski definition) is 3. The third-order valence-electron chi connectivity index (χ3n) is 2.93. The average Bonchev–Trinajstić information content (AvgIpc) is 2.53. The van der Waals surface area contributed by atoms with Crippen molar-refractivity contribution >= 4 is 35.8 Å². The lowest BCUT2D eigenvalue weighted by atomic mass is 10.2. The summed E-state index contributed by atoms with van der Waals surface area (Å²) in [6.45, 7) is 3.88. The Morgan fingerprint density at radius 3 is 2.54 bits per heavy atom. The summed E-state index contributed by atoms with van der Waals surface area (Å²) < 4.78 is 41.3. The van der Waals surface area contributed by atoms with Gasteiger partial charge in [0.1, 0.15) is 5.75 Å². The van der Waals surface area contributed by atoms with Crippen molar-refractivity contribution in [3.63, 3.8) is 0 Å². The van der Waals surface area contributed by atoms with E-state index in [4.69, 9.17) is 0 Å². The van der Waals surface area contributed by atoms with Gasteiger partial charge in [-0.15, -0.1) is 43.7 Å². The first-order valence-electron chi connectivity index (χ1n) is 7.40. The van der Waals surface area contributed by atoms with Crippen molar-refractivity contribution in [3.05, 3.63) is 42.5 Å². The highest BCUT2D eigenvalue weighted by Gasteiger charge is 2.31. The predicted molar refractivity (Wildman–Crippen MR) is 105 cm³/mol. The maximum absolute atomic E-state index is 12.4. The van der Waals surface area contributed by atoms with E-state index in [2.05, 4.69) is 26.9 Å². The number of benzene rings is 1. The normalized spacial score (nSPS) is 11.2. The molecule has 0 fully saturated rings. The summed E-state index contributed by atoms with van der Waals surface area (Å²) in [5.41, 5.74) is 0.262. The van der Waals surface area contributed by atoms with E-state index in [0.717, 1.165) is 0 Å². The van der Waals surface area contributed by atoms with Crippen LogP contribution in [0.25, 0.3) is 0 Å². The summed E-state index contributed by atoms with van der Waals surface area (Å²) in [5.74, 6) is -0.211. The third kappa shape index (κ3) is 9.49. The first-order chi connectivity index (χ1) is 11.7. The number of alkyl halides is 3. The molecule has 0 bridgehead atoms. The van der Waals surface area contributed by atoms with E-state index >= 15 is 0 Å². The standard InChI is InChI=1S/C16H21F3N4O2.HI/c1-4-9-20-15(22-11-14(24)23(2)3)21-10-12-7-5-6-8-13(12)25-16(17,18)19;/h4-8H,1,9-11H2,2-3H3,(H2,20,21,22);1H. The van der Waals surface area contributed by atoms with Gasteiger partial charge in [0.2, 0.25) is 5.91 Å². The van der Waals surface area contributed by atoms with Crippen molar-refractivity contribution < 1.29 is 22.7 Å². The topological polar surface area (TPSA) is 66.0 Å². The Hall–Kier alpha value is -1.98. The van der Waals surface area contributed by atoms with E-state index in [1.165, 1.54) is 23.1 Å². The fourth-order valence-electron chi connectivity index (χ4n) is 1.68. The number of aliphatic imine (C=N–C) groups is 1. The zero-order valence-corrected chi connectivity index (χ0v) is 16.8. The first-order valence-corrected chi connectivity index (χ1v) is 7.40. The maximum Gasteiger partial charge on any atom is 0.573 e. The van der Waals surface area contributed by atoms with Gasteiger partial charge in [-0.05, 0) is 6.07 Å². The fourth-order valence-corrected chi connectivity index (χ4v) is 1.68. The fraction of sp³-hybridized carbons (Fsp3) is 0.375. The Morgan fingerprint density at radius 2 is 1.96 bits per heavy atom. The van der Waals surface area contributed by atoms with Gasteiger partial charge in [-0.1, -0.05) is 24.3 Å². The zero-order chi connectivity index (χ0) is 18.9. The molecule has 0 saturated carbocycles. The number of hydrogen-bond donors (Lipinski definition) is 2. The van der Waals surface area contributed by atoms with Crippen LogP contribution in [0.2, 0.25) is 0 Å². The first kappa shape index (κ1) is 24.0. The van der Waals surface area contributed by atoms with Crippen LogP contribution in [0.1, 0.15) is 5.56 Å². The number of ether oxygens (including phenoxy) is 1. The summed E-state index contributed by atoms with van der Waals surface area (Å²) >= 11 is 0. The largest absolute Gasteiger partial charge is 0.573 e. The molecule has 2 N–H and O–H groups in total. The number of guanidine groups is 1. The SMILES string of the molecule is C=CCNC(=NCc1ccccc1OC(F)(F)F)NCC(=O)N(C)C.I. The molecule has 1 aromatic rings. The zero-order valence-electron chi connectivity index (χ0n) is 14.5. The van der Waals surface area contributed by atoms with Gasteiger partial charge in [-0.2, -0.15) is 0 Å². The molecule has 0 aliphatic rings. The Balaban J connectivity index is 0.00000625. The summed E-state index contributed by atoms with van der Waals surface area (Å²) in [4.78, 5) is 17.2. The van der Waals surface area contributed by atoms with Crippen LogP contribution in [0.5, 0.6) is 5.75 Å². The smallest absolute Gasteiger partial charge is 0.405 e. The number of likely N-dealkylation sites (N-methyl/N-ethyl adjacent to an activating group) is 1. The molecule has 0 atom stereocenters. The molecule has 10 heteroatoms. The van der Waals surface area contributed by atoms with Crippen molar-refractivity contribution in [2.45, 2.75) is 12.9 Å². The number of carbonyl (C=O) groups is 1. The molecule has 26 heavy (non-hydrogen) atoms. The molecule has 146 valence electrons.